The molecule has 1 aromatic rings. The van der Waals surface area contributed by atoms with Gasteiger partial charge in [-0.3, -0.25) is 4.84 Å². The monoisotopic (exact) mass is 248 g/mol. The van der Waals surface area contributed by atoms with Crippen molar-refractivity contribution in [2.75, 3.05) is 13.1 Å². The lowest BCUT2D eigenvalue weighted by molar-refractivity contribution is 0.109. The number of benzene rings is 1. The van der Waals surface area contributed by atoms with Gasteiger partial charge in [-0.2, -0.15) is 0 Å². The minimum absolute atomic E-state index is 0.401. The molecular formula is C14H20N2O2. The number of amides is 1. The SMILES string of the molecule is CC/C(=N/OC(=O)N(CC)CC)c1ccccc1. The van der Waals surface area contributed by atoms with Crippen LogP contribution in [0.3, 0.4) is 0 Å². The summed E-state index contributed by atoms with van der Waals surface area (Å²) < 4.78 is 0. The second kappa shape index (κ2) is 7.48. The van der Waals surface area contributed by atoms with Crippen LogP contribution in [0.1, 0.15) is 32.8 Å². The molecule has 0 fully saturated rings. The molecule has 0 aliphatic heterocycles. The summed E-state index contributed by atoms with van der Waals surface area (Å²) in [6.45, 7) is 7.05. The summed E-state index contributed by atoms with van der Waals surface area (Å²) in [5.41, 5.74) is 1.75. The van der Waals surface area contributed by atoms with Gasteiger partial charge >= 0.3 is 6.09 Å². The molecule has 0 heterocycles. The molecule has 1 rings (SSSR count). The number of oxime groups is 1. The number of hydrogen-bond acceptors (Lipinski definition) is 3. The van der Waals surface area contributed by atoms with Crippen LogP contribution in [0.15, 0.2) is 35.5 Å². The van der Waals surface area contributed by atoms with Gasteiger partial charge in [0, 0.05) is 13.1 Å². The lowest BCUT2D eigenvalue weighted by atomic mass is 10.1. The molecule has 0 saturated heterocycles. The van der Waals surface area contributed by atoms with Gasteiger partial charge in [-0.05, 0) is 25.8 Å². The maximum atomic E-state index is 11.7. The number of rotatable bonds is 5. The third-order valence-electron chi connectivity index (χ3n) is 2.70. The van der Waals surface area contributed by atoms with Crippen LogP contribution in [0.25, 0.3) is 0 Å². The van der Waals surface area contributed by atoms with Gasteiger partial charge in [-0.15, -0.1) is 0 Å². The first kappa shape index (κ1) is 14.2. The molecule has 0 aliphatic carbocycles. The molecule has 0 atom stereocenters. The van der Waals surface area contributed by atoms with Crippen molar-refractivity contribution in [1.29, 1.82) is 0 Å². The zero-order valence-electron chi connectivity index (χ0n) is 11.2. The third-order valence-corrected chi connectivity index (χ3v) is 2.70. The molecule has 4 nitrogen and oxygen atoms in total. The quantitative estimate of drug-likeness (QED) is 0.456. The number of nitrogens with zero attached hydrogens (tertiary/aromatic N) is 2. The smallest absolute Gasteiger partial charge is 0.307 e. The van der Waals surface area contributed by atoms with E-state index >= 15 is 0 Å². The summed E-state index contributed by atoms with van der Waals surface area (Å²) in [6.07, 6.45) is 0.317. The van der Waals surface area contributed by atoms with E-state index in [0.717, 1.165) is 17.7 Å². The summed E-state index contributed by atoms with van der Waals surface area (Å²) in [7, 11) is 0. The van der Waals surface area contributed by atoms with Crippen molar-refractivity contribution in [2.24, 2.45) is 5.16 Å². The number of hydrogen-bond donors (Lipinski definition) is 0. The van der Waals surface area contributed by atoms with Crippen molar-refractivity contribution in [3.05, 3.63) is 35.9 Å². The Morgan fingerprint density at radius 1 is 1.17 bits per heavy atom. The molecule has 0 aliphatic rings. The highest BCUT2D eigenvalue weighted by atomic mass is 16.7. The van der Waals surface area contributed by atoms with Crippen molar-refractivity contribution in [3.8, 4) is 0 Å². The van der Waals surface area contributed by atoms with E-state index in [1.165, 1.54) is 0 Å². The van der Waals surface area contributed by atoms with E-state index in [-0.39, 0.29) is 0 Å². The summed E-state index contributed by atoms with van der Waals surface area (Å²) in [5, 5.41) is 3.95. The van der Waals surface area contributed by atoms with E-state index in [1.807, 2.05) is 51.1 Å². The minimum Gasteiger partial charge on any atom is -0.307 e. The van der Waals surface area contributed by atoms with Gasteiger partial charge in [0.05, 0.1) is 5.71 Å². The lowest BCUT2D eigenvalue weighted by Gasteiger charge is -2.15. The second-order valence-corrected chi connectivity index (χ2v) is 3.79. The predicted octanol–water partition coefficient (Wildman–Crippen LogP) is 3.28. The summed E-state index contributed by atoms with van der Waals surface area (Å²) >= 11 is 0. The first-order valence-corrected chi connectivity index (χ1v) is 6.31. The summed E-state index contributed by atoms with van der Waals surface area (Å²) in [5.74, 6) is 0. The molecule has 0 N–H and O–H groups in total. The molecule has 0 bridgehead atoms. The van der Waals surface area contributed by atoms with Gasteiger partial charge in [0.15, 0.2) is 0 Å². The van der Waals surface area contributed by atoms with Crippen molar-refractivity contribution < 1.29 is 9.63 Å². The minimum atomic E-state index is -0.401. The predicted molar refractivity (Wildman–Crippen MR) is 72.7 cm³/mol. The van der Waals surface area contributed by atoms with Crippen molar-refractivity contribution in [1.82, 2.24) is 4.90 Å². The van der Waals surface area contributed by atoms with Crippen molar-refractivity contribution in [2.45, 2.75) is 27.2 Å². The van der Waals surface area contributed by atoms with Crippen LogP contribution in [0.5, 0.6) is 0 Å². The number of carbonyl (C=O) groups is 1. The van der Waals surface area contributed by atoms with Gasteiger partial charge in [0.25, 0.3) is 0 Å². The Labute approximate surface area is 108 Å². The normalized spacial score (nSPS) is 11.2. The van der Waals surface area contributed by atoms with Crippen LogP contribution < -0.4 is 0 Å². The van der Waals surface area contributed by atoms with Gasteiger partial charge in [-0.1, -0.05) is 42.4 Å². The zero-order chi connectivity index (χ0) is 13.4. The van der Waals surface area contributed by atoms with E-state index in [2.05, 4.69) is 5.16 Å². The van der Waals surface area contributed by atoms with Gasteiger partial charge in [-0.25, -0.2) is 4.79 Å². The van der Waals surface area contributed by atoms with Gasteiger partial charge in [0.1, 0.15) is 0 Å². The topological polar surface area (TPSA) is 41.9 Å². The Kier molecular flexibility index (Phi) is 5.91. The maximum Gasteiger partial charge on any atom is 0.435 e. The maximum absolute atomic E-state index is 11.7. The van der Waals surface area contributed by atoms with E-state index in [0.29, 0.717) is 13.1 Å². The molecule has 0 saturated carbocycles. The van der Waals surface area contributed by atoms with Crippen LogP contribution in [0, 0.1) is 0 Å². The Hall–Kier alpha value is -1.84. The van der Waals surface area contributed by atoms with Crippen molar-refractivity contribution in [3.63, 3.8) is 0 Å². The summed E-state index contributed by atoms with van der Waals surface area (Å²) in [6, 6.07) is 9.72. The molecule has 0 spiro atoms. The average Bonchev–Trinajstić information content (AvgIpc) is 2.42. The van der Waals surface area contributed by atoms with Crippen LogP contribution in [0.2, 0.25) is 0 Å². The summed E-state index contributed by atoms with van der Waals surface area (Å²) in [4.78, 5) is 18.2. The highest BCUT2D eigenvalue weighted by molar-refractivity contribution is 6.00. The fourth-order valence-electron chi connectivity index (χ4n) is 1.59. The highest BCUT2D eigenvalue weighted by Gasteiger charge is 2.11. The third kappa shape index (κ3) is 3.87. The van der Waals surface area contributed by atoms with Crippen molar-refractivity contribution >= 4 is 11.8 Å². The molecule has 0 aromatic heterocycles. The van der Waals surface area contributed by atoms with E-state index in [9.17, 15) is 4.79 Å². The number of carbonyl (C=O) groups excluding carboxylic acids is 1. The Balaban J connectivity index is 2.72. The first-order chi connectivity index (χ1) is 8.72. The van der Waals surface area contributed by atoms with Crippen LogP contribution >= 0.6 is 0 Å². The van der Waals surface area contributed by atoms with Crippen LogP contribution in [0.4, 0.5) is 4.79 Å². The van der Waals surface area contributed by atoms with E-state index in [1.54, 1.807) is 4.90 Å². The molecule has 1 amide bonds. The molecular weight excluding hydrogens is 228 g/mol. The molecule has 0 unspecified atom stereocenters. The average molecular weight is 248 g/mol. The van der Waals surface area contributed by atoms with Gasteiger partial charge < -0.3 is 4.90 Å². The first-order valence-electron chi connectivity index (χ1n) is 6.31. The molecule has 18 heavy (non-hydrogen) atoms. The fraction of sp³-hybridized carbons (Fsp3) is 0.429. The molecule has 1 aromatic carbocycles. The Bertz CT molecular complexity index is 398. The lowest BCUT2D eigenvalue weighted by Crippen LogP contribution is -2.30. The van der Waals surface area contributed by atoms with E-state index < -0.39 is 6.09 Å². The second-order valence-electron chi connectivity index (χ2n) is 3.79. The van der Waals surface area contributed by atoms with Crippen LogP contribution in [-0.4, -0.2) is 29.8 Å². The van der Waals surface area contributed by atoms with E-state index in [4.69, 9.17) is 4.84 Å². The van der Waals surface area contributed by atoms with Gasteiger partial charge in [0.2, 0.25) is 0 Å². The molecule has 98 valence electrons. The Morgan fingerprint density at radius 2 is 1.78 bits per heavy atom. The largest absolute Gasteiger partial charge is 0.435 e. The fourth-order valence-corrected chi connectivity index (χ4v) is 1.59. The van der Waals surface area contributed by atoms with Crippen LogP contribution in [-0.2, 0) is 4.84 Å². The zero-order valence-corrected chi connectivity index (χ0v) is 11.2. The Morgan fingerprint density at radius 3 is 2.28 bits per heavy atom. The molecule has 0 radical (unpaired) electrons. The standard InChI is InChI=1S/C14H20N2O2/c1-4-13(12-10-8-7-9-11-12)15-18-14(17)16(5-2)6-3/h7-11H,4-6H2,1-3H3/b15-13-. The highest BCUT2D eigenvalue weighted by Crippen LogP contribution is 2.05. The molecule has 4 heteroatoms.